The van der Waals surface area contributed by atoms with Crippen molar-refractivity contribution in [1.82, 2.24) is 9.47 Å². The van der Waals surface area contributed by atoms with E-state index in [0.29, 0.717) is 54.8 Å². The van der Waals surface area contributed by atoms with Crippen molar-refractivity contribution in [2.24, 2.45) is 0 Å². The van der Waals surface area contributed by atoms with E-state index in [4.69, 9.17) is 9.47 Å². The third-order valence-corrected chi connectivity index (χ3v) is 8.59. The molecule has 0 radical (unpaired) electrons. The monoisotopic (exact) mass is 566 g/mol. The Labute approximate surface area is 226 Å². The molecule has 0 amide bonds. The van der Waals surface area contributed by atoms with Gasteiger partial charge in [-0.2, -0.15) is 13.2 Å². The molecule has 3 aromatic rings. The summed E-state index contributed by atoms with van der Waals surface area (Å²) in [5.41, 5.74) is -1.32. The highest BCUT2D eigenvalue weighted by atomic mass is 32.2. The number of aromatic nitrogens is 1. The van der Waals surface area contributed by atoms with Crippen molar-refractivity contribution >= 4 is 11.8 Å². The Morgan fingerprint density at radius 3 is 2.49 bits per heavy atom. The molecule has 5 nitrogen and oxygen atoms in total. The smallest absolute Gasteiger partial charge is 0.416 e. The van der Waals surface area contributed by atoms with Gasteiger partial charge in [0.15, 0.2) is 11.6 Å². The molecule has 0 bridgehead atoms. The summed E-state index contributed by atoms with van der Waals surface area (Å²) < 4.78 is 84.1. The molecular weight excluding hydrogens is 539 g/mol. The Morgan fingerprint density at radius 1 is 1.08 bits per heavy atom. The van der Waals surface area contributed by atoms with E-state index < -0.39 is 40.9 Å². The summed E-state index contributed by atoms with van der Waals surface area (Å²) in [6.45, 7) is 4.61. The summed E-state index contributed by atoms with van der Waals surface area (Å²) in [7, 11) is 1.31. The van der Waals surface area contributed by atoms with Crippen LogP contribution in [0.1, 0.15) is 28.3 Å². The van der Waals surface area contributed by atoms with Crippen molar-refractivity contribution < 1.29 is 31.4 Å². The van der Waals surface area contributed by atoms with Crippen molar-refractivity contribution in [3.05, 3.63) is 80.6 Å². The molecule has 2 aliphatic heterocycles. The van der Waals surface area contributed by atoms with Gasteiger partial charge in [-0.05, 0) is 36.2 Å². The Kier molecular flexibility index (Phi) is 7.76. The summed E-state index contributed by atoms with van der Waals surface area (Å²) in [6.07, 6.45) is -5.17. The Bertz CT molecular complexity index is 1450. The van der Waals surface area contributed by atoms with Crippen LogP contribution in [0.15, 0.2) is 46.2 Å². The van der Waals surface area contributed by atoms with Gasteiger partial charge in [0.2, 0.25) is 0 Å². The van der Waals surface area contributed by atoms with Crippen molar-refractivity contribution in [3.63, 3.8) is 0 Å². The standard InChI is InChI=1S/C28H27F5N2O3S/c1-16-19(13-20-21(28(31,32)33)6-4-7-22(20)29)27-35(17(15-39-27)14-34-9-11-38-12-10-34)26(36)24(16)18-5-3-8-23(37-2)25(18)30/h3-8,17H,9-15H2,1-2H3. The molecule has 1 fully saturated rings. The molecule has 0 saturated carbocycles. The molecule has 0 aliphatic carbocycles. The van der Waals surface area contributed by atoms with Crippen LogP contribution in [-0.4, -0.2) is 55.2 Å². The van der Waals surface area contributed by atoms with Gasteiger partial charge >= 0.3 is 6.18 Å². The van der Waals surface area contributed by atoms with E-state index in [2.05, 4.69) is 4.90 Å². The number of methoxy groups -OCH3 is 1. The molecular formula is C28H27F5N2O3S. The van der Waals surface area contributed by atoms with Gasteiger partial charge in [-0.3, -0.25) is 14.3 Å². The number of nitrogens with zero attached hydrogens (tertiary/aromatic N) is 2. The van der Waals surface area contributed by atoms with Crippen LogP contribution >= 0.6 is 11.8 Å². The SMILES string of the molecule is COc1cccc(-c2c(C)c(Cc3c(F)cccc3C(F)(F)F)c3n(c2=O)C(CN2CCOCC2)CS3)c1F. The van der Waals surface area contributed by atoms with Gasteiger partial charge in [0.1, 0.15) is 5.82 Å². The zero-order valence-electron chi connectivity index (χ0n) is 21.4. The molecule has 1 saturated heterocycles. The second-order valence-corrected chi connectivity index (χ2v) is 10.6. The molecule has 0 N–H and O–H groups in total. The highest BCUT2D eigenvalue weighted by molar-refractivity contribution is 7.99. The van der Waals surface area contributed by atoms with E-state index in [0.717, 1.165) is 18.2 Å². The fraction of sp³-hybridized carbons (Fsp3) is 0.393. The average molecular weight is 567 g/mol. The van der Waals surface area contributed by atoms with Gasteiger partial charge in [-0.25, -0.2) is 8.78 Å². The summed E-state index contributed by atoms with van der Waals surface area (Å²) >= 11 is 1.36. The first kappa shape index (κ1) is 27.7. The maximum atomic E-state index is 15.5. The van der Waals surface area contributed by atoms with Crippen LogP contribution in [-0.2, 0) is 17.3 Å². The van der Waals surface area contributed by atoms with Crippen molar-refractivity contribution in [2.75, 3.05) is 45.7 Å². The third-order valence-electron chi connectivity index (χ3n) is 7.32. The fourth-order valence-corrected chi connectivity index (χ4v) is 6.73. The van der Waals surface area contributed by atoms with E-state index in [9.17, 15) is 22.4 Å². The highest BCUT2D eigenvalue weighted by Crippen LogP contribution is 2.42. The van der Waals surface area contributed by atoms with Crippen LogP contribution < -0.4 is 10.3 Å². The minimum Gasteiger partial charge on any atom is -0.494 e. The quantitative estimate of drug-likeness (QED) is 0.359. The number of pyridine rings is 1. The summed E-state index contributed by atoms with van der Waals surface area (Å²) in [5, 5.41) is 0.485. The molecule has 3 heterocycles. The van der Waals surface area contributed by atoms with Crippen LogP contribution in [0.2, 0.25) is 0 Å². The van der Waals surface area contributed by atoms with Gasteiger partial charge in [-0.1, -0.05) is 18.2 Å². The number of alkyl halides is 3. The molecule has 11 heteroatoms. The number of fused-ring (bicyclic) bond motifs is 1. The Balaban J connectivity index is 1.72. The molecule has 39 heavy (non-hydrogen) atoms. The fourth-order valence-electron chi connectivity index (χ4n) is 5.35. The lowest BCUT2D eigenvalue weighted by Crippen LogP contribution is -2.41. The maximum Gasteiger partial charge on any atom is 0.416 e. The number of hydrogen-bond donors (Lipinski definition) is 0. The molecule has 2 aromatic carbocycles. The minimum atomic E-state index is -4.77. The molecule has 0 spiro atoms. The van der Waals surface area contributed by atoms with Gasteiger partial charge in [0.25, 0.3) is 5.56 Å². The first-order chi connectivity index (χ1) is 18.6. The van der Waals surface area contributed by atoms with Crippen molar-refractivity contribution in [3.8, 4) is 16.9 Å². The van der Waals surface area contributed by atoms with Crippen molar-refractivity contribution in [2.45, 2.75) is 30.6 Å². The molecule has 1 atom stereocenters. The van der Waals surface area contributed by atoms with Crippen LogP contribution in [0, 0.1) is 18.6 Å². The minimum absolute atomic E-state index is 0.0139. The van der Waals surface area contributed by atoms with Gasteiger partial charge < -0.3 is 9.47 Å². The normalized spacial score (nSPS) is 17.9. The number of halogens is 5. The Morgan fingerprint density at radius 2 is 1.79 bits per heavy atom. The number of ether oxygens (including phenoxy) is 2. The Hall–Kier alpha value is -2.89. The lowest BCUT2D eigenvalue weighted by atomic mass is 9.92. The van der Waals surface area contributed by atoms with Crippen LogP contribution in [0.4, 0.5) is 22.0 Å². The lowest BCUT2D eigenvalue weighted by Gasteiger charge is -2.30. The van der Waals surface area contributed by atoms with E-state index in [1.165, 1.54) is 31.0 Å². The summed E-state index contributed by atoms with van der Waals surface area (Å²) in [6, 6.07) is 6.98. The van der Waals surface area contributed by atoms with E-state index in [1.807, 2.05) is 0 Å². The summed E-state index contributed by atoms with van der Waals surface area (Å²) in [5.74, 6) is -1.29. The van der Waals surface area contributed by atoms with Crippen LogP contribution in [0.25, 0.3) is 11.1 Å². The highest BCUT2D eigenvalue weighted by Gasteiger charge is 2.37. The van der Waals surface area contributed by atoms with Crippen LogP contribution in [0.5, 0.6) is 5.75 Å². The van der Waals surface area contributed by atoms with Crippen LogP contribution in [0.3, 0.4) is 0 Å². The molecule has 208 valence electrons. The van der Waals surface area contributed by atoms with Gasteiger partial charge in [-0.15, -0.1) is 11.8 Å². The third kappa shape index (κ3) is 5.19. The number of rotatable bonds is 6. The topological polar surface area (TPSA) is 43.7 Å². The van der Waals surface area contributed by atoms with Crippen molar-refractivity contribution in [1.29, 1.82) is 0 Å². The molecule has 2 aliphatic rings. The first-order valence-corrected chi connectivity index (χ1v) is 13.5. The predicted octanol–water partition coefficient (Wildman–Crippen LogP) is 5.70. The van der Waals surface area contributed by atoms with E-state index in [1.54, 1.807) is 17.6 Å². The number of thioether (sulfide) groups is 1. The van der Waals surface area contributed by atoms with Gasteiger partial charge in [0.05, 0.1) is 42.5 Å². The van der Waals surface area contributed by atoms with Gasteiger partial charge in [0, 0.05) is 42.9 Å². The first-order valence-electron chi connectivity index (χ1n) is 12.5. The second-order valence-electron chi connectivity index (χ2n) is 9.60. The second kappa shape index (κ2) is 10.9. The lowest BCUT2D eigenvalue weighted by molar-refractivity contribution is -0.138. The largest absolute Gasteiger partial charge is 0.494 e. The molecule has 5 rings (SSSR count). The average Bonchev–Trinajstić information content (AvgIpc) is 3.32. The van der Waals surface area contributed by atoms with E-state index in [-0.39, 0.29) is 22.9 Å². The molecule has 1 aromatic heterocycles. The zero-order valence-corrected chi connectivity index (χ0v) is 22.2. The number of benzene rings is 2. The number of hydrogen-bond acceptors (Lipinski definition) is 5. The maximum absolute atomic E-state index is 15.5. The zero-order chi connectivity index (χ0) is 27.9. The summed E-state index contributed by atoms with van der Waals surface area (Å²) in [4.78, 5) is 16.2. The predicted molar refractivity (Wildman–Crippen MR) is 139 cm³/mol. The molecule has 1 unspecified atom stereocenters. The van der Waals surface area contributed by atoms with E-state index >= 15 is 4.39 Å². The number of morpholine rings is 1.